The lowest BCUT2D eigenvalue weighted by atomic mass is 9.96. The second-order valence-corrected chi connectivity index (χ2v) is 7.97. The molecule has 0 aromatic heterocycles. The molecule has 144 valence electrons. The van der Waals surface area contributed by atoms with Crippen LogP contribution in [0.5, 0.6) is 0 Å². The minimum absolute atomic E-state index is 0.0570. The molecule has 0 radical (unpaired) electrons. The zero-order chi connectivity index (χ0) is 19.1. The van der Waals surface area contributed by atoms with Crippen molar-refractivity contribution in [2.24, 2.45) is 5.92 Å². The van der Waals surface area contributed by atoms with Gasteiger partial charge in [0.1, 0.15) is 0 Å². The number of halogens is 2. The fraction of sp³-hybridized carbons (Fsp3) is 0.409. The van der Waals surface area contributed by atoms with Gasteiger partial charge < -0.3 is 5.32 Å². The summed E-state index contributed by atoms with van der Waals surface area (Å²) in [6.45, 7) is 3.30. The van der Waals surface area contributed by atoms with E-state index in [4.69, 9.17) is 23.2 Å². The summed E-state index contributed by atoms with van der Waals surface area (Å²) < 4.78 is 0. The largest absolute Gasteiger partial charge is 0.356 e. The van der Waals surface area contributed by atoms with Crippen LogP contribution in [0.15, 0.2) is 48.5 Å². The van der Waals surface area contributed by atoms with Crippen LogP contribution in [0.2, 0.25) is 10.0 Å². The Morgan fingerprint density at radius 1 is 1.04 bits per heavy atom. The Morgan fingerprint density at radius 2 is 1.70 bits per heavy atom. The summed E-state index contributed by atoms with van der Waals surface area (Å²) in [4.78, 5) is 14.9. The predicted molar refractivity (Wildman–Crippen MR) is 112 cm³/mol. The maximum atomic E-state index is 12.6. The molecule has 0 bridgehead atoms. The topological polar surface area (TPSA) is 32.3 Å². The molecular weight excluding hydrogens is 379 g/mol. The third kappa shape index (κ3) is 5.97. The molecule has 1 saturated heterocycles. The number of nitrogens with one attached hydrogen (secondary N) is 1. The summed E-state index contributed by atoms with van der Waals surface area (Å²) in [6.07, 6.45) is 3.77. The van der Waals surface area contributed by atoms with Crippen molar-refractivity contribution in [3.05, 3.63) is 69.7 Å². The highest BCUT2D eigenvalue weighted by atomic mass is 35.5. The number of carbonyl (C=O) groups excluding carboxylic acids is 1. The first-order valence-electron chi connectivity index (χ1n) is 9.60. The first-order chi connectivity index (χ1) is 13.1. The highest BCUT2D eigenvalue weighted by molar-refractivity contribution is 6.31. The summed E-state index contributed by atoms with van der Waals surface area (Å²) in [5.41, 5.74) is 2.26. The smallest absolute Gasteiger partial charge is 0.224 e. The Balaban J connectivity index is 1.43. The molecular formula is C22H26Cl2N2O. The average molecular weight is 405 g/mol. The molecule has 1 N–H and O–H groups in total. The van der Waals surface area contributed by atoms with Gasteiger partial charge >= 0.3 is 0 Å². The highest BCUT2D eigenvalue weighted by Crippen LogP contribution is 2.22. The van der Waals surface area contributed by atoms with Gasteiger partial charge in [-0.2, -0.15) is 0 Å². The molecule has 0 spiro atoms. The molecule has 3 rings (SSSR count). The van der Waals surface area contributed by atoms with Crippen molar-refractivity contribution >= 4 is 29.1 Å². The molecule has 1 atom stereocenters. The number of piperidine rings is 1. The van der Waals surface area contributed by atoms with Crippen LogP contribution in [0.3, 0.4) is 0 Å². The summed E-state index contributed by atoms with van der Waals surface area (Å²) in [5.74, 6) is 0.222. The lowest BCUT2D eigenvalue weighted by Gasteiger charge is -2.32. The van der Waals surface area contributed by atoms with E-state index in [-0.39, 0.29) is 11.8 Å². The van der Waals surface area contributed by atoms with Crippen molar-refractivity contribution in [1.29, 1.82) is 0 Å². The summed E-state index contributed by atoms with van der Waals surface area (Å²) in [6, 6.07) is 15.8. The van der Waals surface area contributed by atoms with E-state index in [0.29, 0.717) is 6.54 Å². The number of carbonyl (C=O) groups is 1. The Bertz CT molecular complexity index is 765. The molecule has 3 nitrogen and oxygen atoms in total. The van der Waals surface area contributed by atoms with Gasteiger partial charge in [-0.15, -0.1) is 0 Å². The van der Waals surface area contributed by atoms with Gasteiger partial charge in [-0.3, -0.25) is 9.69 Å². The molecule has 2 aromatic rings. The minimum Gasteiger partial charge on any atom is -0.356 e. The maximum Gasteiger partial charge on any atom is 0.224 e. The fourth-order valence-electron chi connectivity index (χ4n) is 3.62. The zero-order valence-corrected chi connectivity index (χ0v) is 17.0. The molecule has 0 unspecified atom stereocenters. The summed E-state index contributed by atoms with van der Waals surface area (Å²) >= 11 is 12.5. The number of hydrogen-bond acceptors (Lipinski definition) is 2. The van der Waals surface area contributed by atoms with Gasteiger partial charge in [0, 0.05) is 29.7 Å². The number of hydrogen-bond donors (Lipinski definition) is 1. The quantitative estimate of drug-likeness (QED) is 0.661. The van der Waals surface area contributed by atoms with E-state index >= 15 is 0 Å². The second-order valence-electron chi connectivity index (χ2n) is 7.15. The number of amides is 1. The van der Waals surface area contributed by atoms with Crippen LogP contribution in [-0.2, 0) is 17.8 Å². The zero-order valence-electron chi connectivity index (χ0n) is 15.5. The van der Waals surface area contributed by atoms with Crippen molar-refractivity contribution in [3.8, 4) is 0 Å². The standard InChI is InChI=1S/C22H26Cl2N2O/c23-20-11-3-1-7-17(20)9-5-13-25-22(27)19-10-6-14-26(16-19)15-18-8-2-4-12-21(18)24/h1-4,7-8,11-12,19H,5-6,9-10,13-16H2,(H,25,27)/t19-/m0/s1. The number of benzene rings is 2. The van der Waals surface area contributed by atoms with E-state index < -0.39 is 0 Å². The SMILES string of the molecule is O=C(NCCCc1ccccc1Cl)[C@H]1CCCN(Cc2ccccc2Cl)C1. The minimum atomic E-state index is 0.0570. The Kier molecular flexibility index (Phi) is 7.57. The van der Waals surface area contributed by atoms with Gasteiger partial charge in [-0.05, 0) is 55.5 Å². The van der Waals surface area contributed by atoms with E-state index in [1.807, 2.05) is 42.5 Å². The first kappa shape index (κ1) is 20.2. The molecule has 27 heavy (non-hydrogen) atoms. The molecule has 5 heteroatoms. The van der Waals surface area contributed by atoms with Crippen molar-refractivity contribution in [2.45, 2.75) is 32.2 Å². The van der Waals surface area contributed by atoms with Crippen molar-refractivity contribution < 1.29 is 4.79 Å². The van der Waals surface area contributed by atoms with Crippen LogP contribution < -0.4 is 5.32 Å². The lowest BCUT2D eigenvalue weighted by molar-refractivity contribution is -0.126. The number of likely N-dealkylation sites (tertiary alicyclic amines) is 1. The molecule has 0 aliphatic carbocycles. The molecule has 1 heterocycles. The van der Waals surface area contributed by atoms with Crippen LogP contribution in [0.1, 0.15) is 30.4 Å². The molecule has 1 fully saturated rings. The van der Waals surface area contributed by atoms with E-state index in [1.54, 1.807) is 0 Å². The summed E-state index contributed by atoms with van der Waals surface area (Å²) in [5, 5.41) is 4.70. The van der Waals surface area contributed by atoms with Crippen molar-refractivity contribution in [3.63, 3.8) is 0 Å². The van der Waals surface area contributed by atoms with E-state index in [9.17, 15) is 4.79 Å². The fourth-order valence-corrected chi connectivity index (χ4v) is 4.04. The Morgan fingerprint density at radius 3 is 2.41 bits per heavy atom. The Labute approximate surface area is 171 Å². The molecule has 0 saturated carbocycles. The third-order valence-corrected chi connectivity index (χ3v) is 5.85. The predicted octanol–water partition coefficient (Wildman–Crippen LogP) is 4.95. The van der Waals surface area contributed by atoms with Crippen LogP contribution in [0.25, 0.3) is 0 Å². The van der Waals surface area contributed by atoms with Crippen LogP contribution >= 0.6 is 23.2 Å². The molecule has 1 aliphatic rings. The number of rotatable bonds is 7. The molecule has 1 amide bonds. The Hall–Kier alpha value is -1.55. The van der Waals surface area contributed by atoms with Gasteiger partial charge in [0.25, 0.3) is 0 Å². The van der Waals surface area contributed by atoms with E-state index in [0.717, 1.165) is 66.5 Å². The van der Waals surface area contributed by atoms with Crippen LogP contribution in [0.4, 0.5) is 0 Å². The van der Waals surface area contributed by atoms with Crippen molar-refractivity contribution in [1.82, 2.24) is 10.2 Å². The number of nitrogens with zero attached hydrogens (tertiary/aromatic N) is 1. The highest BCUT2D eigenvalue weighted by Gasteiger charge is 2.25. The molecule has 1 aliphatic heterocycles. The van der Waals surface area contributed by atoms with Gasteiger partial charge in [-0.1, -0.05) is 59.6 Å². The lowest BCUT2D eigenvalue weighted by Crippen LogP contribution is -2.43. The molecule has 2 aromatic carbocycles. The van der Waals surface area contributed by atoms with Gasteiger partial charge in [0.15, 0.2) is 0 Å². The van der Waals surface area contributed by atoms with Crippen LogP contribution in [-0.4, -0.2) is 30.4 Å². The summed E-state index contributed by atoms with van der Waals surface area (Å²) in [7, 11) is 0. The first-order valence-corrected chi connectivity index (χ1v) is 10.4. The maximum absolute atomic E-state index is 12.6. The third-order valence-electron chi connectivity index (χ3n) is 5.11. The van der Waals surface area contributed by atoms with Crippen LogP contribution in [0, 0.1) is 5.92 Å². The second kappa shape index (κ2) is 10.1. The monoisotopic (exact) mass is 404 g/mol. The van der Waals surface area contributed by atoms with Gasteiger partial charge in [-0.25, -0.2) is 0 Å². The van der Waals surface area contributed by atoms with Gasteiger partial charge in [0.05, 0.1) is 5.92 Å². The normalized spacial score (nSPS) is 17.6. The number of aryl methyl sites for hydroxylation is 1. The van der Waals surface area contributed by atoms with Crippen molar-refractivity contribution in [2.75, 3.05) is 19.6 Å². The van der Waals surface area contributed by atoms with E-state index in [2.05, 4.69) is 16.3 Å². The van der Waals surface area contributed by atoms with E-state index in [1.165, 1.54) is 0 Å². The van der Waals surface area contributed by atoms with Gasteiger partial charge in [0.2, 0.25) is 5.91 Å². The average Bonchev–Trinajstić information content (AvgIpc) is 2.68.